The van der Waals surface area contributed by atoms with E-state index in [0.29, 0.717) is 17.0 Å². The van der Waals surface area contributed by atoms with Crippen molar-refractivity contribution in [1.29, 1.82) is 5.26 Å². The van der Waals surface area contributed by atoms with Gasteiger partial charge in [0.05, 0.1) is 17.5 Å². The third kappa shape index (κ3) is 4.14. The molecular formula is C21H20N6O2. The molecule has 3 N–H and O–H groups in total. The Kier molecular flexibility index (Phi) is 5.69. The van der Waals surface area contributed by atoms with Gasteiger partial charge in [-0.1, -0.05) is 30.3 Å². The van der Waals surface area contributed by atoms with Crippen LogP contribution in [0.15, 0.2) is 53.5 Å². The normalized spacial score (nSPS) is 10.6. The van der Waals surface area contributed by atoms with Gasteiger partial charge < -0.3 is 15.6 Å². The molecule has 1 aromatic carbocycles. The second-order valence-corrected chi connectivity index (χ2v) is 6.62. The van der Waals surface area contributed by atoms with E-state index in [1.165, 1.54) is 6.07 Å². The van der Waals surface area contributed by atoms with Crippen molar-refractivity contribution in [3.8, 4) is 28.6 Å². The molecule has 3 rings (SSSR count). The maximum Gasteiger partial charge on any atom is 0.274 e. The number of nitrogens with two attached hydrogens (primary N) is 1. The number of nitrogens with one attached hydrogen (secondary N) is 1. The Balaban J connectivity index is 2.25. The van der Waals surface area contributed by atoms with E-state index in [1.807, 2.05) is 50.2 Å². The number of pyridine rings is 1. The molecule has 0 aliphatic carbocycles. The van der Waals surface area contributed by atoms with E-state index in [1.54, 1.807) is 16.8 Å². The van der Waals surface area contributed by atoms with E-state index >= 15 is 0 Å². The second kappa shape index (κ2) is 8.35. The number of nitrogens with zero attached hydrogens (tertiary/aromatic N) is 4. The van der Waals surface area contributed by atoms with Crippen LogP contribution in [-0.4, -0.2) is 27.0 Å². The highest BCUT2D eigenvalue weighted by molar-refractivity contribution is 5.98. The van der Waals surface area contributed by atoms with Gasteiger partial charge in [-0.3, -0.25) is 9.59 Å². The zero-order valence-corrected chi connectivity index (χ0v) is 16.1. The van der Waals surface area contributed by atoms with Crippen molar-refractivity contribution in [2.75, 3.05) is 12.3 Å². The van der Waals surface area contributed by atoms with Gasteiger partial charge in [-0.05, 0) is 19.9 Å². The maximum atomic E-state index is 12.4. The lowest BCUT2D eigenvalue weighted by molar-refractivity contribution is 0.0954. The molecule has 2 heterocycles. The van der Waals surface area contributed by atoms with Crippen LogP contribution in [0.2, 0.25) is 0 Å². The molecule has 0 saturated carbocycles. The van der Waals surface area contributed by atoms with Gasteiger partial charge in [0, 0.05) is 29.4 Å². The first-order valence-electron chi connectivity index (χ1n) is 9.03. The molecule has 2 aromatic heterocycles. The SMILES string of the molecule is CC(C)n1cc(-c2nc(C(=O)NCC#N)c(N)nc2-c2ccccc2)ccc1=O. The lowest BCUT2D eigenvalue weighted by Gasteiger charge is -2.15. The minimum atomic E-state index is -0.588. The van der Waals surface area contributed by atoms with E-state index in [0.717, 1.165) is 5.56 Å². The third-order valence-electron chi connectivity index (χ3n) is 4.28. The van der Waals surface area contributed by atoms with Gasteiger partial charge in [0.25, 0.3) is 11.5 Å². The summed E-state index contributed by atoms with van der Waals surface area (Å²) in [6.07, 6.45) is 1.69. The summed E-state index contributed by atoms with van der Waals surface area (Å²) in [4.78, 5) is 33.5. The monoisotopic (exact) mass is 388 g/mol. The quantitative estimate of drug-likeness (QED) is 0.646. The molecule has 0 unspecified atom stereocenters. The van der Waals surface area contributed by atoms with Crippen molar-refractivity contribution < 1.29 is 4.79 Å². The van der Waals surface area contributed by atoms with Crippen LogP contribution in [0.4, 0.5) is 5.82 Å². The number of rotatable bonds is 5. The third-order valence-corrected chi connectivity index (χ3v) is 4.28. The number of nitriles is 1. The largest absolute Gasteiger partial charge is 0.382 e. The van der Waals surface area contributed by atoms with Crippen LogP contribution in [0.3, 0.4) is 0 Å². The molecule has 0 aliphatic rings. The summed E-state index contributed by atoms with van der Waals surface area (Å²) in [6, 6.07) is 14.2. The van der Waals surface area contributed by atoms with Gasteiger partial charge in [0.1, 0.15) is 6.54 Å². The number of hydrogen-bond acceptors (Lipinski definition) is 6. The van der Waals surface area contributed by atoms with E-state index in [2.05, 4.69) is 15.3 Å². The van der Waals surface area contributed by atoms with Crippen LogP contribution in [0.1, 0.15) is 30.4 Å². The fourth-order valence-electron chi connectivity index (χ4n) is 2.86. The molecule has 0 spiro atoms. The molecule has 0 aliphatic heterocycles. The molecule has 0 atom stereocenters. The molecule has 8 heteroatoms. The Morgan fingerprint density at radius 2 is 1.83 bits per heavy atom. The molecule has 146 valence electrons. The number of hydrogen-bond donors (Lipinski definition) is 2. The standard InChI is InChI=1S/C21H20N6O2/c1-13(2)27-12-15(8-9-16(27)28)18-17(14-6-4-3-5-7-14)26-20(23)19(25-18)21(29)24-11-10-22/h3-9,12-13H,11H2,1-2H3,(H2,23,26)(H,24,29). The van der Waals surface area contributed by atoms with Gasteiger partial charge in [-0.25, -0.2) is 9.97 Å². The van der Waals surface area contributed by atoms with Crippen LogP contribution in [0, 0.1) is 11.3 Å². The lowest BCUT2D eigenvalue weighted by Crippen LogP contribution is -2.26. The predicted molar refractivity (Wildman–Crippen MR) is 110 cm³/mol. The number of aromatic nitrogens is 3. The number of nitrogen functional groups attached to an aromatic ring is 1. The molecule has 1 amide bonds. The highest BCUT2D eigenvalue weighted by Gasteiger charge is 2.20. The number of anilines is 1. The minimum absolute atomic E-state index is 0.0415. The number of amides is 1. The fourth-order valence-corrected chi connectivity index (χ4v) is 2.86. The Hall–Kier alpha value is -3.99. The average molecular weight is 388 g/mol. The van der Waals surface area contributed by atoms with Crippen molar-refractivity contribution >= 4 is 11.7 Å². The Labute approximate surface area is 167 Å². The van der Waals surface area contributed by atoms with Crippen LogP contribution >= 0.6 is 0 Å². The first kappa shape index (κ1) is 19.8. The zero-order chi connectivity index (χ0) is 21.0. The van der Waals surface area contributed by atoms with Crippen molar-refractivity contribution in [2.45, 2.75) is 19.9 Å². The first-order valence-corrected chi connectivity index (χ1v) is 9.03. The van der Waals surface area contributed by atoms with Crippen LogP contribution in [0.5, 0.6) is 0 Å². The molecule has 3 aromatic rings. The molecule has 0 fully saturated rings. The summed E-state index contributed by atoms with van der Waals surface area (Å²) < 4.78 is 1.58. The van der Waals surface area contributed by atoms with E-state index in [-0.39, 0.29) is 29.7 Å². The summed E-state index contributed by atoms with van der Waals surface area (Å²) >= 11 is 0. The topological polar surface area (TPSA) is 127 Å². The Morgan fingerprint density at radius 3 is 2.48 bits per heavy atom. The smallest absolute Gasteiger partial charge is 0.274 e. The van der Waals surface area contributed by atoms with E-state index in [4.69, 9.17) is 11.0 Å². The van der Waals surface area contributed by atoms with Gasteiger partial charge in [-0.15, -0.1) is 0 Å². The van der Waals surface area contributed by atoms with E-state index < -0.39 is 5.91 Å². The molecule has 0 bridgehead atoms. The number of benzene rings is 1. The van der Waals surface area contributed by atoms with Gasteiger partial charge >= 0.3 is 0 Å². The Morgan fingerprint density at radius 1 is 1.14 bits per heavy atom. The highest BCUT2D eigenvalue weighted by Crippen LogP contribution is 2.30. The molecular weight excluding hydrogens is 368 g/mol. The summed E-state index contributed by atoms with van der Waals surface area (Å²) in [7, 11) is 0. The van der Waals surface area contributed by atoms with Crippen LogP contribution < -0.4 is 16.6 Å². The highest BCUT2D eigenvalue weighted by atomic mass is 16.2. The molecule has 8 nitrogen and oxygen atoms in total. The first-order chi connectivity index (χ1) is 13.9. The molecule has 0 radical (unpaired) electrons. The van der Waals surface area contributed by atoms with Crippen molar-refractivity contribution in [3.05, 3.63) is 64.7 Å². The zero-order valence-electron chi connectivity index (χ0n) is 16.1. The van der Waals surface area contributed by atoms with Crippen LogP contribution in [-0.2, 0) is 0 Å². The molecule has 0 saturated heterocycles. The van der Waals surface area contributed by atoms with Gasteiger partial charge in [0.2, 0.25) is 0 Å². The summed E-state index contributed by atoms with van der Waals surface area (Å²) in [6.45, 7) is 3.63. The van der Waals surface area contributed by atoms with Crippen molar-refractivity contribution in [1.82, 2.24) is 19.9 Å². The average Bonchev–Trinajstić information content (AvgIpc) is 2.72. The lowest BCUT2D eigenvalue weighted by atomic mass is 10.0. The summed E-state index contributed by atoms with van der Waals surface area (Å²) in [5, 5.41) is 11.1. The van der Waals surface area contributed by atoms with Crippen molar-refractivity contribution in [3.63, 3.8) is 0 Å². The maximum absolute atomic E-state index is 12.4. The number of carbonyl (C=O) groups excluding carboxylic acids is 1. The predicted octanol–water partition coefficient (Wildman–Crippen LogP) is 2.39. The van der Waals surface area contributed by atoms with Gasteiger partial charge in [0.15, 0.2) is 11.5 Å². The summed E-state index contributed by atoms with van der Waals surface area (Å²) in [5.41, 5.74) is 8.11. The van der Waals surface area contributed by atoms with Gasteiger partial charge in [-0.2, -0.15) is 5.26 Å². The minimum Gasteiger partial charge on any atom is -0.382 e. The Bertz CT molecular complexity index is 1150. The fraction of sp³-hybridized carbons (Fsp3) is 0.190. The van der Waals surface area contributed by atoms with E-state index in [9.17, 15) is 9.59 Å². The number of carbonyl (C=O) groups is 1. The van der Waals surface area contributed by atoms with Crippen molar-refractivity contribution in [2.24, 2.45) is 0 Å². The van der Waals surface area contributed by atoms with Crippen LogP contribution in [0.25, 0.3) is 22.5 Å². The summed E-state index contributed by atoms with van der Waals surface area (Å²) in [5.74, 6) is -0.630. The second-order valence-electron chi connectivity index (χ2n) is 6.62. The molecule has 29 heavy (non-hydrogen) atoms.